The van der Waals surface area contributed by atoms with E-state index in [1.165, 1.54) is 11.1 Å². The zero-order chi connectivity index (χ0) is 21.0. The molecule has 0 aromatic heterocycles. The van der Waals surface area contributed by atoms with E-state index in [1.54, 1.807) is 0 Å². The minimum absolute atomic E-state index is 0.0558. The summed E-state index contributed by atoms with van der Waals surface area (Å²) in [5.74, 6) is 2.37. The predicted molar refractivity (Wildman–Crippen MR) is 122 cm³/mol. The molecule has 2 heterocycles. The molecular formula is C25H31N3O. The Kier molecular flexibility index (Phi) is 4.49. The minimum Gasteiger partial charge on any atom is -0.453 e. The first kappa shape index (κ1) is 19.6. The molecule has 4 rings (SSSR count). The van der Waals surface area contributed by atoms with E-state index in [-0.39, 0.29) is 16.9 Å². The summed E-state index contributed by atoms with van der Waals surface area (Å²) in [5, 5.41) is 0. The molecule has 0 saturated carbocycles. The summed E-state index contributed by atoms with van der Waals surface area (Å²) in [6.45, 7) is 14.0. The fourth-order valence-corrected chi connectivity index (χ4v) is 3.82. The molecular weight excluding hydrogens is 358 g/mol. The largest absolute Gasteiger partial charge is 0.453 e. The number of anilines is 2. The zero-order valence-electron chi connectivity index (χ0n) is 18.3. The van der Waals surface area contributed by atoms with Crippen molar-refractivity contribution in [2.75, 3.05) is 11.4 Å². The van der Waals surface area contributed by atoms with E-state index in [9.17, 15) is 0 Å². The molecule has 2 aliphatic heterocycles. The summed E-state index contributed by atoms with van der Waals surface area (Å²) in [6.07, 6.45) is 4.03. The molecule has 0 radical (unpaired) electrons. The minimum atomic E-state index is 0.0558. The molecule has 2 N–H and O–H groups in total. The summed E-state index contributed by atoms with van der Waals surface area (Å²) < 4.78 is 6.47. The van der Waals surface area contributed by atoms with Crippen LogP contribution in [0.2, 0.25) is 0 Å². The van der Waals surface area contributed by atoms with Crippen molar-refractivity contribution in [2.45, 2.75) is 58.4 Å². The summed E-state index contributed by atoms with van der Waals surface area (Å²) in [4.78, 5) is 6.80. The van der Waals surface area contributed by atoms with Gasteiger partial charge in [0, 0.05) is 0 Å². The lowest BCUT2D eigenvalue weighted by atomic mass is 9.85. The van der Waals surface area contributed by atoms with E-state index in [1.807, 2.05) is 6.08 Å². The molecule has 2 aromatic carbocycles. The van der Waals surface area contributed by atoms with Gasteiger partial charge in [-0.15, -0.1) is 0 Å². The van der Waals surface area contributed by atoms with Gasteiger partial charge in [-0.1, -0.05) is 59.8 Å². The Morgan fingerprint density at radius 3 is 1.83 bits per heavy atom. The Bertz CT molecular complexity index is 942. The van der Waals surface area contributed by atoms with Crippen LogP contribution in [0.3, 0.4) is 0 Å². The highest BCUT2D eigenvalue weighted by atomic mass is 16.5. The monoisotopic (exact) mass is 389 g/mol. The number of nitrogens with two attached hydrogens (primary N) is 1. The fraction of sp³-hybridized carbons (Fsp3) is 0.400. The highest BCUT2D eigenvalue weighted by Gasteiger charge is 2.32. The van der Waals surface area contributed by atoms with Gasteiger partial charge in [0.25, 0.3) is 0 Å². The Hall–Kier alpha value is -2.75. The number of hydrogen-bond acceptors (Lipinski definition) is 4. The fourth-order valence-electron chi connectivity index (χ4n) is 3.82. The average molecular weight is 390 g/mol. The van der Waals surface area contributed by atoms with Crippen LogP contribution in [-0.4, -0.2) is 18.4 Å². The van der Waals surface area contributed by atoms with Crippen LogP contribution < -0.4 is 15.4 Å². The number of ether oxygens (including phenoxy) is 1. The van der Waals surface area contributed by atoms with Gasteiger partial charge in [0.15, 0.2) is 11.5 Å². The predicted octanol–water partition coefficient (Wildman–Crippen LogP) is 5.82. The second-order valence-electron chi connectivity index (χ2n) is 10.0. The Balaban J connectivity index is 1.86. The summed E-state index contributed by atoms with van der Waals surface area (Å²) in [7, 11) is 0. The lowest BCUT2D eigenvalue weighted by Gasteiger charge is -2.38. The van der Waals surface area contributed by atoms with Gasteiger partial charge in [-0.3, -0.25) is 4.99 Å². The highest BCUT2D eigenvalue weighted by Crippen LogP contribution is 2.50. The smallest absolute Gasteiger partial charge is 0.151 e. The maximum absolute atomic E-state index is 6.47. The number of amidine groups is 1. The molecule has 152 valence electrons. The first-order chi connectivity index (χ1) is 13.5. The highest BCUT2D eigenvalue weighted by molar-refractivity contribution is 5.92. The zero-order valence-corrected chi connectivity index (χ0v) is 18.3. The van der Waals surface area contributed by atoms with Gasteiger partial charge in [0.2, 0.25) is 0 Å². The number of nitrogens with zero attached hydrogens (tertiary/aromatic N) is 2. The third-order valence-electron chi connectivity index (χ3n) is 5.67. The first-order valence-corrected chi connectivity index (χ1v) is 10.3. The second kappa shape index (κ2) is 6.65. The van der Waals surface area contributed by atoms with Crippen LogP contribution >= 0.6 is 0 Å². The van der Waals surface area contributed by atoms with E-state index < -0.39 is 0 Å². The van der Waals surface area contributed by atoms with Crippen molar-refractivity contribution in [1.29, 1.82) is 0 Å². The normalized spacial score (nSPS) is 18.6. The third-order valence-corrected chi connectivity index (χ3v) is 5.67. The molecule has 2 aliphatic rings. The van der Waals surface area contributed by atoms with E-state index >= 15 is 0 Å². The van der Waals surface area contributed by atoms with Crippen LogP contribution in [0.25, 0.3) is 0 Å². The molecule has 0 fully saturated rings. The second-order valence-corrected chi connectivity index (χ2v) is 10.0. The van der Waals surface area contributed by atoms with E-state index in [0.717, 1.165) is 22.9 Å². The van der Waals surface area contributed by atoms with Crippen molar-refractivity contribution >= 4 is 17.2 Å². The van der Waals surface area contributed by atoms with Crippen LogP contribution in [0.4, 0.5) is 11.4 Å². The van der Waals surface area contributed by atoms with Crippen molar-refractivity contribution in [3.63, 3.8) is 0 Å². The molecule has 2 aromatic rings. The van der Waals surface area contributed by atoms with Gasteiger partial charge in [0.05, 0.1) is 24.0 Å². The number of dihydropyridines is 1. The number of hydrogen-bond donors (Lipinski definition) is 1. The van der Waals surface area contributed by atoms with Gasteiger partial charge in [-0.05, 0) is 52.3 Å². The van der Waals surface area contributed by atoms with Crippen LogP contribution in [0, 0.1) is 0 Å². The van der Waals surface area contributed by atoms with Gasteiger partial charge >= 0.3 is 0 Å². The molecule has 0 amide bonds. The first-order valence-electron chi connectivity index (χ1n) is 10.3. The van der Waals surface area contributed by atoms with Crippen molar-refractivity contribution < 1.29 is 4.74 Å². The van der Waals surface area contributed by atoms with Crippen LogP contribution in [0.15, 0.2) is 53.5 Å². The lowest BCUT2D eigenvalue weighted by Crippen LogP contribution is -2.36. The van der Waals surface area contributed by atoms with Crippen LogP contribution in [-0.2, 0) is 10.8 Å². The van der Waals surface area contributed by atoms with Crippen LogP contribution in [0.5, 0.6) is 11.5 Å². The van der Waals surface area contributed by atoms with Gasteiger partial charge in [0.1, 0.15) is 5.84 Å². The van der Waals surface area contributed by atoms with E-state index in [4.69, 9.17) is 10.5 Å². The van der Waals surface area contributed by atoms with E-state index in [2.05, 4.69) is 93.9 Å². The van der Waals surface area contributed by atoms with Crippen molar-refractivity contribution in [2.24, 2.45) is 10.7 Å². The molecule has 0 bridgehead atoms. The lowest BCUT2D eigenvalue weighted by molar-refractivity contribution is 0.463. The quantitative estimate of drug-likeness (QED) is 0.668. The maximum Gasteiger partial charge on any atom is 0.151 e. The summed E-state index contributed by atoms with van der Waals surface area (Å²) >= 11 is 0. The SMILES string of the molecule is CC(C)(C)c1ccc2c(c1)Oc1cc(C(C)(C)C)ccc1N2C1C=CC(N)=NC1. The molecule has 0 aliphatic carbocycles. The summed E-state index contributed by atoms with van der Waals surface area (Å²) in [5.41, 5.74) is 10.6. The molecule has 0 saturated heterocycles. The van der Waals surface area contributed by atoms with Crippen molar-refractivity contribution in [3.05, 3.63) is 59.7 Å². The Morgan fingerprint density at radius 2 is 1.41 bits per heavy atom. The molecule has 0 spiro atoms. The van der Waals surface area contributed by atoms with Crippen molar-refractivity contribution in [1.82, 2.24) is 0 Å². The Morgan fingerprint density at radius 1 is 0.897 bits per heavy atom. The molecule has 1 atom stereocenters. The number of aliphatic imine (C=N–C) groups is 1. The molecule has 29 heavy (non-hydrogen) atoms. The molecule has 1 unspecified atom stereocenters. The number of rotatable bonds is 1. The standard InChI is InChI=1S/C25H31N3O/c1-24(2,3)16-7-10-19-21(13-16)29-22-14-17(25(4,5)6)8-11-20(22)28(19)18-9-12-23(26)27-15-18/h7-14,18H,15H2,1-6H3,(H2,26,27). The third kappa shape index (κ3) is 3.64. The molecule has 4 nitrogen and oxygen atoms in total. The van der Waals surface area contributed by atoms with Gasteiger partial charge in [-0.25, -0.2) is 0 Å². The van der Waals surface area contributed by atoms with Gasteiger partial charge < -0.3 is 15.4 Å². The number of fused-ring (bicyclic) bond motifs is 2. The topological polar surface area (TPSA) is 50.9 Å². The summed E-state index contributed by atoms with van der Waals surface area (Å²) in [6, 6.07) is 13.2. The van der Waals surface area contributed by atoms with Gasteiger partial charge in [-0.2, -0.15) is 0 Å². The Labute approximate surface area is 174 Å². The number of benzene rings is 2. The van der Waals surface area contributed by atoms with E-state index in [0.29, 0.717) is 12.4 Å². The maximum atomic E-state index is 6.47. The average Bonchev–Trinajstić information content (AvgIpc) is 2.64. The van der Waals surface area contributed by atoms with Crippen LogP contribution in [0.1, 0.15) is 52.7 Å². The molecule has 4 heteroatoms. The van der Waals surface area contributed by atoms with Crippen molar-refractivity contribution in [3.8, 4) is 11.5 Å².